The van der Waals surface area contributed by atoms with Gasteiger partial charge in [-0.3, -0.25) is 0 Å². The maximum absolute atomic E-state index is 6.60. The van der Waals surface area contributed by atoms with Crippen molar-refractivity contribution in [3.05, 3.63) is 0 Å². The Morgan fingerprint density at radius 3 is 1.80 bits per heavy atom. The first-order valence-corrected chi connectivity index (χ1v) is 13.6. The summed E-state index contributed by atoms with van der Waals surface area (Å²) in [4.78, 5) is 0. The Bertz CT molecular complexity index is 543. The lowest BCUT2D eigenvalue weighted by molar-refractivity contribution is -0.242. The van der Waals surface area contributed by atoms with Crippen molar-refractivity contribution in [2.24, 2.45) is 41.4 Å². The monoisotopic (exact) mass is 418 g/mol. The molecule has 2 aliphatic carbocycles. The second-order valence-electron chi connectivity index (χ2n) is 12.7. The van der Waals surface area contributed by atoms with Crippen molar-refractivity contribution < 1.29 is 9.47 Å². The molecule has 0 N–H and O–H groups in total. The summed E-state index contributed by atoms with van der Waals surface area (Å²) in [6, 6.07) is 0. The molecule has 2 aliphatic heterocycles. The third kappa shape index (κ3) is 4.52. The molecule has 0 bridgehead atoms. The van der Waals surface area contributed by atoms with Crippen LogP contribution in [-0.4, -0.2) is 23.9 Å². The van der Waals surface area contributed by atoms with Crippen LogP contribution >= 0.6 is 0 Å². The van der Waals surface area contributed by atoms with Crippen LogP contribution in [0.15, 0.2) is 0 Å². The SMILES string of the molecule is CC(C)C1CCC2(CC1)CC(C(C)CCC(C)C1CCC3(CC1)OCC3C(C)C)O2. The lowest BCUT2D eigenvalue weighted by Gasteiger charge is -2.55. The Labute approximate surface area is 187 Å². The highest BCUT2D eigenvalue weighted by Crippen LogP contribution is 2.52. The van der Waals surface area contributed by atoms with Gasteiger partial charge < -0.3 is 9.47 Å². The van der Waals surface area contributed by atoms with Crippen molar-refractivity contribution in [1.82, 2.24) is 0 Å². The van der Waals surface area contributed by atoms with Gasteiger partial charge in [0.25, 0.3) is 0 Å². The predicted octanol–water partition coefficient (Wildman–Crippen LogP) is 7.64. The molecule has 0 aromatic rings. The normalized spacial score (nSPS) is 43.6. The van der Waals surface area contributed by atoms with E-state index in [1.54, 1.807) is 0 Å². The van der Waals surface area contributed by atoms with Gasteiger partial charge in [-0.05, 0) is 93.3 Å². The van der Waals surface area contributed by atoms with Gasteiger partial charge in [-0.1, -0.05) is 48.0 Å². The second kappa shape index (κ2) is 9.05. The Balaban J connectivity index is 1.15. The minimum Gasteiger partial charge on any atom is -0.374 e. The predicted molar refractivity (Wildman–Crippen MR) is 126 cm³/mol. The fourth-order valence-electron chi connectivity index (χ4n) is 7.53. The third-order valence-electron chi connectivity index (χ3n) is 10.3. The van der Waals surface area contributed by atoms with E-state index < -0.39 is 0 Å². The fourth-order valence-corrected chi connectivity index (χ4v) is 7.53. The molecule has 174 valence electrons. The molecule has 4 rings (SSSR count). The summed E-state index contributed by atoms with van der Waals surface area (Å²) in [5.41, 5.74) is 0.545. The van der Waals surface area contributed by atoms with Gasteiger partial charge in [-0.2, -0.15) is 0 Å². The fraction of sp³-hybridized carbons (Fsp3) is 1.00. The topological polar surface area (TPSA) is 18.5 Å². The molecular formula is C28H50O2. The lowest BCUT2D eigenvalue weighted by atomic mass is 9.63. The van der Waals surface area contributed by atoms with Crippen molar-refractivity contribution in [1.29, 1.82) is 0 Å². The van der Waals surface area contributed by atoms with E-state index >= 15 is 0 Å². The van der Waals surface area contributed by atoms with E-state index in [1.165, 1.54) is 70.6 Å². The largest absolute Gasteiger partial charge is 0.374 e. The van der Waals surface area contributed by atoms with E-state index in [0.29, 0.717) is 6.10 Å². The summed E-state index contributed by atoms with van der Waals surface area (Å²) < 4.78 is 12.8. The first kappa shape index (κ1) is 23.1. The molecule has 0 radical (unpaired) electrons. The van der Waals surface area contributed by atoms with Crippen molar-refractivity contribution >= 4 is 0 Å². The molecule has 4 fully saturated rings. The molecule has 2 nitrogen and oxygen atoms in total. The standard InChI is InChI=1S/C28H50O2/c1-19(2)23-9-13-27(14-10-23)17-26(30-27)22(6)8-7-21(5)24-11-15-28(16-12-24)25(18-29-28)20(3)4/h19-26H,7-18H2,1-6H3. The van der Waals surface area contributed by atoms with Crippen LogP contribution in [-0.2, 0) is 9.47 Å². The van der Waals surface area contributed by atoms with E-state index in [-0.39, 0.29) is 11.2 Å². The zero-order chi connectivity index (χ0) is 21.5. The smallest absolute Gasteiger partial charge is 0.0735 e. The maximum Gasteiger partial charge on any atom is 0.0735 e. The minimum atomic E-state index is 0.264. The molecule has 0 aromatic heterocycles. The van der Waals surface area contributed by atoms with Crippen LogP contribution in [0.1, 0.15) is 112 Å². The molecule has 4 aliphatic rings. The van der Waals surface area contributed by atoms with Gasteiger partial charge in [0.1, 0.15) is 0 Å². The van der Waals surface area contributed by atoms with Crippen LogP contribution < -0.4 is 0 Å². The van der Waals surface area contributed by atoms with E-state index in [9.17, 15) is 0 Å². The van der Waals surface area contributed by atoms with Crippen molar-refractivity contribution in [3.8, 4) is 0 Å². The summed E-state index contributed by atoms with van der Waals surface area (Å²) in [7, 11) is 0. The molecular weight excluding hydrogens is 368 g/mol. The first-order valence-electron chi connectivity index (χ1n) is 13.6. The van der Waals surface area contributed by atoms with E-state index in [1.807, 2.05) is 0 Å². The van der Waals surface area contributed by atoms with E-state index in [4.69, 9.17) is 9.47 Å². The highest BCUT2D eigenvalue weighted by molar-refractivity contribution is 5.01. The highest BCUT2D eigenvalue weighted by atomic mass is 16.5. The maximum atomic E-state index is 6.60. The third-order valence-corrected chi connectivity index (χ3v) is 10.3. The lowest BCUT2D eigenvalue weighted by Crippen LogP contribution is -2.57. The van der Waals surface area contributed by atoms with Crippen LogP contribution in [0.4, 0.5) is 0 Å². The zero-order valence-corrected chi connectivity index (χ0v) is 20.9. The number of ether oxygens (including phenoxy) is 2. The molecule has 2 heteroatoms. The number of hydrogen-bond donors (Lipinski definition) is 0. The Hall–Kier alpha value is -0.0800. The van der Waals surface area contributed by atoms with Crippen LogP contribution in [0.3, 0.4) is 0 Å². The van der Waals surface area contributed by atoms with Gasteiger partial charge in [0.2, 0.25) is 0 Å². The van der Waals surface area contributed by atoms with Crippen LogP contribution in [0.25, 0.3) is 0 Å². The average molecular weight is 419 g/mol. The Kier molecular flexibility index (Phi) is 6.96. The van der Waals surface area contributed by atoms with Gasteiger partial charge >= 0.3 is 0 Å². The first-order chi connectivity index (χ1) is 14.2. The molecule has 0 amide bonds. The van der Waals surface area contributed by atoms with E-state index in [2.05, 4.69) is 41.5 Å². The zero-order valence-electron chi connectivity index (χ0n) is 20.9. The van der Waals surface area contributed by atoms with Gasteiger partial charge in [-0.15, -0.1) is 0 Å². The molecule has 2 saturated carbocycles. The Morgan fingerprint density at radius 1 is 0.733 bits per heavy atom. The average Bonchev–Trinajstić information content (AvgIpc) is 2.68. The van der Waals surface area contributed by atoms with Crippen LogP contribution in [0.5, 0.6) is 0 Å². The summed E-state index contributed by atoms with van der Waals surface area (Å²) in [6.07, 6.45) is 15.4. The van der Waals surface area contributed by atoms with Crippen molar-refractivity contribution in [2.45, 2.75) is 129 Å². The number of hydrogen-bond acceptors (Lipinski definition) is 2. The van der Waals surface area contributed by atoms with Crippen LogP contribution in [0, 0.1) is 41.4 Å². The summed E-state index contributed by atoms with van der Waals surface area (Å²) >= 11 is 0. The van der Waals surface area contributed by atoms with Gasteiger partial charge in [0.15, 0.2) is 0 Å². The van der Waals surface area contributed by atoms with Gasteiger partial charge in [0.05, 0.1) is 23.9 Å². The molecule has 0 aromatic carbocycles. The van der Waals surface area contributed by atoms with Gasteiger partial charge in [-0.25, -0.2) is 0 Å². The van der Waals surface area contributed by atoms with E-state index in [0.717, 1.165) is 48.0 Å². The highest BCUT2D eigenvalue weighted by Gasteiger charge is 2.52. The van der Waals surface area contributed by atoms with Crippen molar-refractivity contribution in [3.63, 3.8) is 0 Å². The minimum absolute atomic E-state index is 0.264. The second-order valence-corrected chi connectivity index (χ2v) is 12.7. The summed E-state index contributed by atoms with van der Waals surface area (Å²) in [5, 5.41) is 0. The summed E-state index contributed by atoms with van der Waals surface area (Å²) in [5.74, 6) is 5.88. The van der Waals surface area contributed by atoms with Crippen LogP contribution in [0.2, 0.25) is 0 Å². The molecule has 4 unspecified atom stereocenters. The summed E-state index contributed by atoms with van der Waals surface area (Å²) in [6.45, 7) is 15.5. The molecule has 2 spiro atoms. The molecule has 30 heavy (non-hydrogen) atoms. The number of rotatable bonds is 7. The van der Waals surface area contributed by atoms with Gasteiger partial charge in [0, 0.05) is 12.3 Å². The molecule has 4 atom stereocenters. The Morgan fingerprint density at radius 2 is 1.30 bits per heavy atom. The van der Waals surface area contributed by atoms with Crippen molar-refractivity contribution in [2.75, 3.05) is 6.61 Å². The molecule has 2 heterocycles. The quantitative estimate of drug-likeness (QED) is 0.423. The molecule has 2 saturated heterocycles.